The Hall–Kier alpha value is -2.41. The minimum absolute atomic E-state index is 0.0477. The molecule has 1 aliphatic rings. The van der Waals surface area contributed by atoms with Crippen LogP contribution in [-0.4, -0.2) is 29.9 Å². The molecule has 2 heterocycles. The molecule has 3 rings (SSSR count). The summed E-state index contributed by atoms with van der Waals surface area (Å²) >= 11 is 1.36. The zero-order valence-corrected chi connectivity index (χ0v) is 13.5. The van der Waals surface area contributed by atoms with Gasteiger partial charge in [-0.3, -0.25) is 9.59 Å². The highest BCUT2D eigenvalue weighted by Crippen LogP contribution is 2.27. The first-order valence-electron chi connectivity index (χ1n) is 7.41. The lowest BCUT2D eigenvalue weighted by Crippen LogP contribution is -2.28. The maximum atomic E-state index is 12.2. The molecule has 1 aromatic heterocycles. The van der Waals surface area contributed by atoms with Gasteiger partial charge in [-0.1, -0.05) is 0 Å². The van der Waals surface area contributed by atoms with Crippen LogP contribution in [0.15, 0.2) is 35.8 Å². The highest BCUT2D eigenvalue weighted by atomic mass is 32.1. The van der Waals surface area contributed by atoms with Crippen LogP contribution in [-0.2, 0) is 9.59 Å². The van der Waals surface area contributed by atoms with Crippen LogP contribution in [0, 0.1) is 5.92 Å². The molecule has 0 saturated carbocycles. The minimum Gasteiger partial charge on any atom is -0.494 e. The zero-order chi connectivity index (χ0) is 16.2. The first kappa shape index (κ1) is 15.5. The third-order valence-electron chi connectivity index (χ3n) is 3.62. The fourth-order valence-electron chi connectivity index (χ4n) is 2.51. The summed E-state index contributed by atoms with van der Waals surface area (Å²) in [5.74, 6) is 0.189. The zero-order valence-electron chi connectivity index (χ0n) is 12.7. The van der Waals surface area contributed by atoms with E-state index >= 15 is 0 Å². The molecule has 1 fully saturated rings. The van der Waals surface area contributed by atoms with E-state index in [0.717, 1.165) is 11.4 Å². The molecule has 0 aliphatic carbocycles. The van der Waals surface area contributed by atoms with E-state index in [1.807, 2.05) is 31.2 Å². The van der Waals surface area contributed by atoms with Crippen molar-refractivity contribution in [2.45, 2.75) is 13.3 Å². The van der Waals surface area contributed by atoms with Crippen molar-refractivity contribution >= 4 is 34.0 Å². The van der Waals surface area contributed by atoms with Crippen LogP contribution >= 0.6 is 11.3 Å². The Balaban J connectivity index is 1.66. The van der Waals surface area contributed by atoms with Crippen LogP contribution in [0.1, 0.15) is 13.3 Å². The maximum absolute atomic E-state index is 12.2. The van der Waals surface area contributed by atoms with Crippen LogP contribution in [0.4, 0.5) is 10.8 Å². The highest BCUT2D eigenvalue weighted by Gasteiger charge is 2.35. The molecule has 1 aromatic carbocycles. The number of hydrogen-bond donors (Lipinski definition) is 1. The first-order valence-corrected chi connectivity index (χ1v) is 8.29. The van der Waals surface area contributed by atoms with E-state index in [9.17, 15) is 9.59 Å². The Kier molecular flexibility index (Phi) is 4.57. The van der Waals surface area contributed by atoms with E-state index < -0.39 is 0 Å². The number of benzene rings is 1. The van der Waals surface area contributed by atoms with Crippen molar-refractivity contribution < 1.29 is 14.3 Å². The average Bonchev–Trinajstić information content (AvgIpc) is 3.18. The van der Waals surface area contributed by atoms with E-state index in [1.54, 1.807) is 16.5 Å². The number of nitrogens with zero attached hydrogens (tertiary/aromatic N) is 2. The van der Waals surface area contributed by atoms with Crippen molar-refractivity contribution in [1.82, 2.24) is 4.98 Å². The van der Waals surface area contributed by atoms with Gasteiger partial charge < -0.3 is 15.0 Å². The standard InChI is InChI=1S/C16H17N3O3S/c1-2-22-13-5-3-12(4-6-13)19-10-11(9-14(19)20)15(21)18-16-17-7-8-23-16/h3-8,11H,2,9-10H2,1H3,(H,17,18,21). The van der Waals surface area contributed by atoms with Crippen LogP contribution in [0.25, 0.3) is 0 Å². The summed E-state index contributed by atoms with van der Waals surface area (Å²) < 4.78 is 5.40. The molecule has 1 atom stereocenters. The van der Waals surface area contributed by atoms with Crippen LogP contribution in [0.2, 0.25) is 0 Å². The smallest absolute Gasteiger partial charge is 0.231 e. The number of aromatic nitrogens is 1. The molecule has 2 aromatic rings. The van der Waals surface area contributed by atoms with Crippen molar-refractivity contribution in [3.63, 3.8) is 0 Å². The van der Waals surface area contributed by atoms with Gasteiger partial charge in [0.2, 0.25) is 11.8 Å². The summed E-state index contributed by atoms with van der Waals surface area (Å²) in [4.78, 5) is 30.1. The fourth-order valence-corrected chi connectivity index (χ4v) is 3.05. The van der Waals surface area contributed by atoms with E-state index in [2.05, 4.69) is 10.3 Å². The molecule has 1 saturated heterocycles. The molecule has 1 aliphatic heterocycles. The van der Waals surface area contributed by atoms with E-state index in [4.69, 9.17) is 4.74 Å². The SMILES string of the molecule is CCOc1ccc(N2CC(C(=O)Nc3nccs3)CC2=O)cc1. The summed E-state index contributed by atoms with van der Waals surface area (Å²) in [6.07, 6.45) is 1.84. The quantitative estimate of drug-likeness (QED) is 0.914. The second-order valence-corrected chi connectivity index (χ2v) is 6.05. The Morgan fingerprint density at radius 1 is 1.43 bits per heavy atom. The molecule has 0 bridgehead atoms. The van der Waals surface area contributed by atoms with Crippen LogP contribution < -0.4 is 15.0 Å². The number of carbonyl (C=O) groups excluding carboxylic acids is 2. The molecule has 1 unspecified atom stereocenters. The Bertz CT molecular complexity index is 685. The number of carbonyl (C=O) groups is 2. The van der Waals surface area contributed by atoms with Crippen molar-refractivity contribution in [1.29, 1.82) is 0 Å². The first-order chi connectivity index (χ1) is 11.2. The number of amides is 2. The summed E-state index contributed by atoms with van der Waals surface area (Å²) in [6.45, 7) is 2.90. The maximum Gasteiger partial charge on any atom is 0.231 e. The Morgan fingerprint density at radius 3 is 2.87 bits per heavy atom. The van der Waals surface area contributed by atoms with E-state index in [1.165, 1.54) is 11.3 Å². The van der Waals surface area contributed by atoms with Gasteiger partial charge in [0.25, 0.3) is 0 Å². The normalized spacial score (nSPS) is 17.3. The van der Waals surface area contributed by atoms with Gasteiger partial charge >= 0.3 is 0 Å². The molecule has 2 amide bonds. The summed E-state index contributed by atoms with van der Waals surface area (Å²) in [7, 11) is 0. The van der Waals surface area contributed by atoms with E-state index in [-0.39, 0.29) is 24.2 Å². The highest BCUT2D eigenvalue weighted by molar-refractivity contribution is 7.13. The minimum atomic E-state index is -0.363. The Morgan fingerprint density at radius 2 is 2.22 bits per heavy atom. The van der Waals surface area contributed by atoms with Crippen molar-refractivity contribution in [3.05, 3.63) is 35.8 Å². The lowest BCUT2D eigenvalue weighted by atomic mass is 10.1. The van der Waals surface area contributed by atoms with Gasteiger partial charge in [0.05, 0.1) is 12.5 Å². The van der Waals surface area contributed by atoms with Gasteiger partial charge in [-0.2, -0.15) is 0 Å². The average molecular weight is 331 g/mol. The number of thiazole rings is 1. The number of anilines is 2. The molecule has 0 radical (unpaired) electrons. The van der Waals surface area contributed by atoms with E-state index in [0.29, 0.717) is 18.3 Å². The van der Waals surface area contributed by atoms with Gasteiger partial charge in [-0.15, -0.1) is 11.3 Å². The second kappa shape index (κ2) is 6.78. The molecular weight excluding hydrogens is 314 g/mol. The van der Waals surface area contributed by atoms with Gasteiger partial charge in [0.15, 0.2) is 5.13 Å². The predicted molar refractivity (Wildman–Crippen MR) is 88.8 cm³/mol. The van der Waals surface area contributed by atoms with Crippen LogP contribution in [0.3, 0.4) is 0 Å². The molecule has 120 valence electrons. The molecule has 1 N–H and O–H groups in total. The lowest BCUT2D eigenvalue weighted by Gasteiger charge is -2.17. The predicted octanol–water partition coefficient (Wildman–Crippen LogP) is 2.53. The summed E-state index contributed by atoms with van der Waals surface area (Å²) in [5, 5.41) is 5.10. The second-order valence-electron chi connectivity index (χ2n) is 5.16. The monoisotopic (exact) mass is 331 g/mol. The third-order valence-corrected chi connectivity index (χ3v) is 4.31. The molecule has 6 nitrogen and oxygen atoms in total. The summed E-state index contributed by atoms with van der Waals surface area (Å²) in [6, 6.07) is 7.33. The van der Waals surface area contributed by atoms with Crippen molar-refractivity contribution in [3.8, 4) is 5.75 Å². The fraction of sp³-hybridized carbons (Fsp3) is 0.312. The molecule has 23 heavy (non-hydrogen) atoms. The van der Waals surface area contributed by atoms with Gasteiger partial charge in [-0.05, 0) is 31.2 Å². The molecule has 0 spiro atoms. The topological polar surface area (TPSA) is 71.5 Å². The Labute approximate surface area is 138 Å². The van der Waals surface area contributed by atoms with Crippen LogP contribution in [0.5, 0.6) is 5.75 Å². The van der Waals surface area contributed by atoms with Crippen molar-refractivity contribution in [2.75, 3.05) is 23.4 Å². The molecular formula is C16H17N3O3S. The summed E-state index contributed by atoms with van der Waals surface area (Å²) in [5.41, 5.74) is 0.781. The van der Waals surface area contributed by atoms with Gasteiger partial charge in [-0.25, -0.2) is 4.98 Å². The van der Waals surface area contributed by atoms with Gasteiger partial charge in [0, 0.05) is 30.2 Å². The largest absolute Gasteiger partial charge is 0.494 e. The third kappa shape index (κ3) is 3.50. The molecule has 7 heteroatoms. The number of rotatable bonds is 5. The van der Waals surface area contributed by atoms with Gasteiger partial charge in [0.1, 0.15) is 5.75 Å². The number of hydrogen-bond acceptors (Lipinski definition) is 5. The van der Waals surface area contributed by atoms with Crippen molar-refractivity contribution in [2.24, 2.45) is 5.92 Å². The lowest BCUT2D eigenvalue weighted by molar-refractivity contribution is -0.122. The number of ether oxygens (including phenoxy) is 1. The number of nitrogens with one attached hydrogen (secondary N) is 1.